The van der Waals surface area contributed by atoms with Crippen molar-refractivity contribution in [3.63, 3.8) is 0 Å². The van der Waals surface area contributed by atoms with E-state index in [0.29, 0.717) is 17.0 Å². The number of aromatic nitrogens is 3. The van der Waals surface area contributed by atoms with Crippen LogP contribution in [0.4, 0.5) is 4.39 Å². The molecule has 0 aliphatic heterocycles. The van der Waals surface area contributed by atoms with Gasteiger partial charge in [0.25, 0.3) is 0 Å². The van der Waals surface area contributed by atoms with Gasteiger partial charge in [0.15, 0.2) is 5.82 Å². The van der Waals surface area contributed by atoms with Gasteiger partial charge in [-0.15, -0.1) is 5.10 Å². The molecular weight excluding hydrogens is 225 g/mol. The highest BCUT2D eigenvalue weighted by molar-refractivity contribution is 5.60. The summed E-state index contributed by atoms with van der Waals surface area (Å²) in [5.41, 5.74) is 0.654. The molecule has 2 rings (SSSR count). The second-order valence-electron chi connectivity index (χ2n) is 3.75. The van der Waals surface area contributed by atoms with Crippen molar-refractivity contribution in [1.82, 2.24) is 14.3 Å². The molecule has 6 heteroatoms. The Morgan fingerprint density at radius 3 is 2.65 bits per heavy atom. The van der Waals surface area contributed by atoms with Gasteiger partial charge >= 0.3 is 5.69 Å². The second-order valence-corrected chi connectivity index (χ2v) is 3.75. The van der Waals surface area contributed by atoms with E-state index in [1.54, 1.807) is 7.05 Å². The van der Waals surface area contributed by atoms with Crippen molar-refractivity contribution in [2.75, 3.05) is 0 Å². The summed E-state index contributed by atoms with van der Waals surface area (Å²) in [4.78, 5) is 11.6. The summed E-state index contributed by atoms with van der Waals surface area (Å²) in [6.07, 6.45) is 0. The quantitative estimate of drug-likeness (QED) is 0.823. The highest BCUT2D eigenvalue weighted by atomic mass is 19.1. The summed E-state index contributed by atoms with van der Waals surface area (Å²) in [6, 6.07) is 3.99. The summed E-state index contributed by atoms with van der Waals surface area (Å²) < 4.78 is 15.7. The zero-order valence-electron chi connectivity index (χ0n) is 9.51. The maximum atomic E-state index is 13.2. The molecule has 1 N–H and O–H groups in total. The third-order valence-electron chi connectivity index (χ3n) is 2.61. The minimum Gasteiger partial charge on any atom is -0.392 e. The summed E-state index contributed by atoms with van der Waals surface area (Å²) in [6.45, 7) is -0.236. The van der Waals surface area contributed by atoms with Crippen molar-refractivity contribution in [3.8, 4) is 11.4 Å². The molecule has 0 atom stereocenters. The van der Waals surface area contributed by atoms with Crippen molar-refractivity contribution in [2.45, 2.75) is 6.61 Å². The third-order valence-corrected chi connectivity index (χ3v) is 2.61. The topological polar surface area (TPSA) is 60.0 Å². The molecule has 0 fully saturated rings. The molecule has 17 heavy (non-hydrogen) atoms. The van der Waals surface area contributed by atoms with Crippen LogP contribution in [0.5, 0.6) is 0 Å². The van der Waals surface area contributed by atoms with Crippen LogP contribution in [-0.4, -0.2) is 19.5 Å². The van der Waals surface area contributed by atoms with E-state index < -0.39 is 5.82 Å². The van der Waals surface area contributed by atoms with E-state index in [2.05, 4.69) is 5.10 Å². The van der Waals surface area contributed by atoms with Crippen LogP contribution in [0.15, 0.2) is 23.0 Å². The maximum Gasteiger partial charge on any atom is 0.345 e. The van der Waals surface area contributed by atoms with Crippen LogP contribution in [0, 0.1) is 5.82 Å². The van der Waals surface area contributed by atoms with E-state index in [1.165, 1.54) is 34.5 Å². The highest BCUT2D eigenvalue weighted by Crippen LogP contribution is 2.21. The lowest BCUT2D eigenvalue weighted by molar-refractivity contribution is 0.282. The Hall–Kier alpha value is -1.95. The van der Waals surface area contributed by atoms with Gasteiger partial charge in [-0.3, -0.25) is 4.57 Å². The molecule has 1 heterocycles. The van der Waals surface area contributed by atoms with Crippen LogP contribution in [0.2, 0.25) is 0 Å². The van der Waals surface area contributed by atoms with Crippen LogP contribution in [-0.2, 0) is 20.7 Å². The van der Waals surface area contributed by atoms with E-state index in [0.717, 1.165) is 0 Å². The zero-order valence-corrected chi connectivity index (χ0v) is 9.51. The largest absolute Gasteiger partial charge is 0.392 e. The van der Waals surface area contributed by atoms with Gasteiger partial charge < -0.3 is 5.11 Å². The molecule has 0 unspecified atom stereocenters. The van der Waals surface area contributed by atoms with Gasteiger partial charge in [-0.05, 0) is 17.7 Å². The van der Waals surface area contributed by atoms with Crippen LogP contribution in [0.3, 0.4) is 0 Å². The van der Waals surface area contributed by atoms with E-state index in [1.807, 2.05) is 0 Å². The first-order valence-electron chi connectivity index (χ1n) is 5.04. The molecule has 0 saturated carbocycles. The number of nitrogens with zero attached hydrogens (tertiary/aromatic N) is 3. The van der Waals surface area contributed by atoms with Crippen LogP contribution < -0.4 is 5.69 Å². The Labute approximate surface area is 96.7 Å². The lowest BCUT2D eigenvalue weighted by Crippen LogP contribution is -2.20. The van der Waals surface area contributed by atoms with Crippen LogP contribution >= 0.6 is 0 Å². The molecule has 0 bridgehead atoms. The summed E-state index contributed by atoms with van der Waals surface area (Å²) in [5.74, 6) is -0.101. The van der Waals surface area contributed by atoms with Gasteiger partial charge in [0, 0.05) is 19.7 Å². The Kier molecular flexibility index (Phi) is 2.81. The summed E-state index contributed by atoms with van der Waals surface area (Å²) in [7, 11) is 3.07. The Morgan fingerprint density at radius 1 is 1.41 bits per heavy atom. The monoisotopic (exact) mass is 237 g/mol. The van der Waals surface area contributed by atoms with E-state index in [9.17, 15) is 14.3 Å². The van der Waals surface area contributed by atoms with Crippen molar-refractivity contribution >= 4 is 0 Å². The lowest BCUT2D eigenvalue weighted by atomic mass is 10.1. The van der Waals surface area contributed by atoms with Gasteiger partial charge in [0.1, 0.15) is 5.82 Å². The zero-order chi connectivity index (χ0) is 12.6. The van der Waals surface area contributed by atoms with E-state index in [-0.39, 0.29) is 12.3 Å². The Bertz CT molecular complexity index is 616. The molecular formula is C11H12FN3O2. The summed E-state index contributed by atoms with van der Waals surface area (Å²) >= 11 is 0. The molecule has 0 saturated heterocycles. The van der Waals surface area contributed by atoms with Gasteiger partial charge in [0.05, 0.1) is 6.61 Å². The van der Waals surface area contributed by atoms with Gasteiger partial charge in [-0.2, -0.15) is 0 Å². The SMILES string of the molecule is Cn1nc(-c2cc(F)ccc2CO)n(C)c1=O. The molecule has 0 aliphatic carbocycles. The fraction of sp³-hybridized carbons (Fsp3) is 0.273. The van der Waals surface area contributed by atoms with Crippen LogP contribution in [0.1, 0.15) is 5.56 Å². The maximum absolute atomic E-state index is 13.2. The first-order chi connectivity index (χ1) is 8.04. The number of aliphatic hydroxyl groups excluding tert-OH is 1. The van der Waals surface area contributed by atoms with Crippen molar-refractivity contribution in [2.24, 2.45) is 14.1 Å². The Balaban J connectivity index is 2.71. The minimum atomic E-state index is -0.435. The average Bonchev–Trinajstić information content (AvgIpc) is 2.57. The molecule has 5 nitrogen and oxygen atoms in total. The molecule has 0 amide bonds. The fourth-order valence-corrected chi connectivity index (χ4v) is 1.69. The predicted molar refractivity (Wildman–Crippen MR) is 59.8 cm³/mol. The normalized spacial score (nSPS) is 10.8. The fourth-order valence-electron chi connectivity index (χ4n) is 1.69. The number of halogens is 1. The van der Waals surface area contributed by atoms with Gasteiger partial charge in [-0.25, -0.2) is 13.9 Å². The standard InChI is InChI=1S/C11H12FN3O2/c1-14-10(13-15(2)11(14)17)9-5-8(12)4-3-7(9)6-16/h3-5,16H,6H2,1-2H3. The van der Waals surface area contributed by atoms with Crippen molar-refractivity contribution in [3.05, 3.63) is 40.1 Å². The smallest absolute Gasteiger partial charge is 0.345 e. The molecule has 0 radical (unpaired) electrons. The minimum absolute atomic E-state index is 0.236. The Morgan fingerprint density at radius 2 is 2.12 bits per heavy atom. The second kappa shape index (κ2) is 4.14. The van der Waals surface area contributed by atoms with Gasteiger partial charge in [0.2, 0.25) is 0 Å². The van der Waals surface area contributed by atoms with Gasteiger partial charge in [-0.1, -0.05) is 6.07 Å². The number of hydrogen-bond acceptors (Lipinski definition) is 3. The highest BCUT2D eigenvalue weighted by Gasteiger charge is 2.14. The lowest BCUT2D eigenvalue weighted by Gasteiger charge is -2.05. The number of aliphatic hydroxyl groups is 1. The number of benzene rings is 1. The van der Waals surface area contributed by atoms with E-state index >= 15 is 0 Å². The molecule has 0 spiro atoms. The summed E-state index contributed by atoms with van der Waals surface area (Å²) in [5, 5.41) is 13.2. The van der Waals surface area contributed by atoms with Crippen molar-refractivity contribution in [1.29, 1.82) is 0 Å². The molecule has 0 aliphatic rings. The number of rotatable bonds is 2. The molecule has 90 valence electrons. The number of aryl methyl sites for hydroxylation is 1. The average molecular weight is 237 g/mol. The van der Waals surface area contributed by atoms with Crippen LogP contribution in [0.25, 0.3) is 11.4 Å². The predicted octanol–water partition coefficient (Wildman–Crippen LogP) is 0.417. The molecule has 2 aromatic rings. The third kappa shape index (κ3) is 1.87. The van der Waals surface area contributed by atoms with E-state index in [4.69, 9.17) is 0 Å². The molecule has 1 aromatic heterocycles. The number of hydrogen-bond donors (Lipinski definition) is 1. The van der Waals surface area contributed by atoms with Crippen molar-refractivity contribution < 1.29 is 9.50 Å². The molecule has 1 aromatic carbocycles. The first kappa shape index (κ1) is 11.5. The first-order valence-corrected chi connectivity index (χ1v) is 5.04.